The molecule has 3 unspecified atom stereocenters. The summed E-state index contributed by atoms with van der Waals surface area (Å²) in [6.07, 6.45) is 4.09. The molecule has 1 aliphatic carbocycles. The Morgan fingerprint density at radius 1 is 1.54 bits per heavy atom. The molecule has 76 valence electrons. The van der Waals surface area contributed by atoms with Gasteiger partial charge in [0.05, 0.1) is 6.04 Å². The maximum Gasteiger partial charge on any atom is 0.152 e. The van der Waals surface area contributed by atoms with E-state index in [4.69, 9.17) is 5.73 Å². The lowest BCUT2D eigenvalue weighted by Gasteiger charge is -2.27. The highest BCUT2D eigenvalue weighted by Gasteiger charge is 2.27. The first-order chi connectivity index (χ1) is 6.15. The molecule has 1 fully saturated rings. The van der Waals surface area contributed by atoms with Crippen LogP contribution in [0.1, 0.15) is 32.6 Å². The number of ketones is 1. The molecule has 3 nitrogen and oxygen atoms in total. The van der Waals surface area contributed by atoms with Gasteiger partial charge >= 0.3 is 0 Å². The van der Waals surface area contributed by atoms with Crippen molar-refractivity contribution in [2.45, 2.75) is 44.7 Å². The fraction of sp³-hybridized carbons (Fsp3) is 0.900. The summed E-state index contributed by atoms with van der Waals surface area (Å²) in [5.74, 6) is 0.531. The van der Waals surface area contributed by atoms with E-state index in [1.807, 2.05) is 14.0 Å². The molecular formula is C10H20N2O. The van der Waals surface area contributed by atoms with Gasteiger partial charge in [0.1, 0.15) is 0 Å². The highest BCUT2D eigenvalue weighted by Crippen LogP contribution is 2.24. The average molecular weight is 184 g/mol. The van der Waals surface area contributed by atoms with Crippen molar-refractivity contribution in [1.29, 1.82) is 0 Å². The summed E-state index contributed by atoms with van der Waals surface area (Å²) in [6.45, 7) is 1.92. The van der Waals surface area contributed by atoms with E-state index >= 15 is 0 Å². The minimum atomic E-state index is -0.0182. The molecule has 1 rings (SSSR count). The van der Waals surface area contributed by atoms with Gasteiger partial charge in [0, 0.05) is 12.0 Å². The van der Waals surface area contributed by atoms with Crippen molar-refractivity contribution in [3.8, 4) is 0 Å². The van der Waals surface area contributed by atoms with Gasteiger partial charge in [-0.1, -0.05) is 6.42 Å². The molecule has 0 bridgehead atoms. The van der Waals surface area contributed by atoms with Crippen LogP contribution in [0.3, 0.4) is 0 Å². The van der Waals surface area contributed by atoms with E-state index in [1.54, 1.807) is 0 Å². The van der Waals surface area contributed by atoms with Crippen molar-refractivity contribution in [3.63, 3.8) is 0 Å². The molecule has 1 aliphatic rings. The molecule has 0 saturated heterocycles. The molecule has 3 heteroatoms. The summed E-state index contributed by atoms with van der Waals surface area (Å²) < 4.78 is 0. The summed E-state index contributed by atoms with van der Waals surface area (Å²) in [5, 5.41) is 2.99. The van der Waals surface area contributed by atoms with E-state index in [9.17, 15) is 4.79 Å². The van der Waals surface area contributed by atoms with E-state index in [0.717, 1.165) is 25.7 Å². The van der Waals surface area contributed by atoms with E-state index in [1.165, 1.54) is 0 Å². The summed E-state index contributed by atoms with van der Waals surface area (Å²) in [7, 11) is 1.82. The zero-order valence-electron chi connectivity index (χ0n) is 8.55. The monoisotopic (exact) mass is 184 g/mol. The van der Waals surface area contributed by atoms with Crippen molar-refractivity contribution >= 4 is 5.78 Å². The molecule has 0 aromatic rings. The average Bonchev–Trinajstić information content (AvgIpc) is 2.15. The summed E-state index contributed by atoms with van der Waals surface area (Å²) in [6, 6.07) is 0.224. The van der Waals surface area contributed by atoms with Gasteiger partial charge in [-0.05, 0) is 33.2 Å². The van der Waals surface area contributed by atoms with Crippen LogP contribution in [0.25, 0.3) is 0 Å². The van der Waals surface area contributed by atoms with Crippen molar-refractivity contribution in [2.75, 3.05) is 7.05 Å². The van der Waals surface area contributed by atoms with E-state index in [-0.39, 0.29) is 18.0 Å². The smallest absolute Gasteiger partial charge is 0.152 e. The van der Waals surface area contributed by atoms with Crippen LogP contribution in [0.5, 0.6) is 0 Å². The van der Waals surface area contributed by atoms with E-state index < -0.39 is 0 Å². The lowest BCUT2D eigenvalue weighted by atomic mass is 9.82. The van der Waals surface area contributed by atoms with Crippen LogP contribution < -0.4 is 11.1 Å². The Morgan fingerprint density at radius 3 is 2.77 bits per heavy atom. The fourth-order valence-electron chi connectivity index (χ4n) is 1.98. The Balaban J connectivity index is 2.46. The molecule has 1 saturated carbocycles. The number of Topliss-reactive ketones (excluding diaryl/α,β-unsaturated/α-hetero) is 1. The Morgan fingerprint density at radius 2 is 2.23 bits per heavy atom. The number of rotatable bonds is 3. The maximum atomic E-state index is 11.8. The van der Waals surface area contributed by atoms with Gasteiger partial charge in [-0.3, -0.25) is 4.79 Å². The van der Waals surface area contributed by atoms with Gasteiger partial charge in [-0.2, -0.15) is 0 Å². The topological polar surface area (TPSA) is 55.1 Å². The van der Waals surface area contributed by atoms with Crippen LogP contribution >= 0.6 is 0 Å². The molecular weight excluding hydrogens is 164 g/mol. The van der Waals surface area contributed by atoms with Crippen LogP contribution in [0.2, 0.25) is 0 Å². The minimum absolute atomic E-state index is 0.0182. The zero-order valence-corrected chi connectivity index (χ0v) is 8.55. The third-order valence-corrected chi connectivity index (χ3v) is 2.98. The van der Waals surface area contributed by atoms with Gasteiger partial charge in [-0.15, -0.1) is 0 Å². The van der Waals surface area contributed by atoms with Gasteiger partial charge in [0.25, 0.3) is 0 Å². The van der Waals surface area contributed by atoms with Crippen molar-refractivity contribution in [3.05, 3.63) is 0 Å². The predicted molar refractivity (Wildman–Crippen MR) is 53.5 cm³/mol. The van der Waals surface area contributed by atoms with Crippen molar-refractivity contribution in [2.24, 2.45) is 11.7 Å². The predicted octanol–water partition coefficient (Wildman–Crippen LogP) is 0.681. The highest BCUT2D eigenvalue weighted by atomic mass is 16.1. The second-order valence-corrected chi connectivity index (χ2v) is 4.04. The van der Waals surface area contributed by atoms with Gasteiger partial charge < -0.3 is 11.1 Å². The number of carbonyl (C=O) groups excluding carboxylic acids is 1. The molecule has 0 amide bonds. The first-order valence-corrected chi connectivity index (χ1v) is 5.11. The number of carbonyl (C=O) groups is 1. The van der Waals surface area contributed by atoms with Crippen LogP contribution in [0.15, 0.2) is 0 Å². The summed E-state index contributed by atoms with van der Waals surface area (Å²) in [5.41, 5.74) is 5.83. The Labute approximate surface area is 80.1 Å². The number of nitrogens with two attached hydrogens (primary N) is 1. The molecule has 0 radical (unpaired) electrons. The van der Waals surface area contributed by atoms with Gasteiger partial charge in [0.2, 0.25) is 0 Å². The number of nitrogens with one attached hydrogen (secondary N) is 1. The molecule has 0 aliphatic heterocycles. The maximum absolute atomic E-state index is 11.8. The summed E-state index contributed by atoms with van der Waals surface area (Å²) >= 11 is 0. The number of hydrogen-bond acceptors (Lipinski definition) is 3. The first kappa shape index (κ1) is 10.7. The SMILES string of the molecule is CNC(C)C(=O)C1CCCC(N)C1. The molecule has 3 atom stereocenters. The van der Waals surface area contributed by atoms with Crippen LogP contribution in [0.4, 0.5) is 0 Å². The standard InChI is InChI=1S/C10H20N2O/c1-7(12-2)10(13)8-4-3-5-9(11)6-8/h7-9,12H,3-6,11H2,1-2H3. The minimum Gasteiger partial charge on any atom is -0.328 e. The molecule has 13 heavy (non-hydrogen) atoms. The second-order valence-electron chi connectivity index (χ2n) is 4.04. The van der Waals surface area contributed by atoms with Crippen molar-refractivity contribution < 1.29 is 4.79 Å². The van der Waals surface area contributed by atoms with Crippen LogP contribution in [-0.4, -0.2) is 24.9 Å². The van der Waals surface area contributed by atoms with Crippen LogP contribution in [0, 0.1) is 5.92 Å². The van der Waals surface area contributed by atoms with Gasteiger partial charge in [0.15, 0.2) is 5.78 Å². The lowest BCUT2D eigenvalue weighted by molar-refractivity contribution is -0.125. The first-order valence-electron chi connectivity index (χ1n) is 5.11. The second kappa shape index (κ2) is 4.72. The fourth-order valence-corrected chi connectivity index (χ4v) is 1.98. The number of likely N-dealkylation sites (N-methyl/N-ethyl adjacent to an activating group) is 1. The Kier molecular flexibility index (Phi) is 3.88. The quantitative estimate of drug-likeness (QED) is 0.678. The Hall–Kier alpha value is -0.410. The van der Waals surface area contributed by atoms with E-state index in [0.29, 0.717) is 5.78 Å². The number of hydrogen-bond donors (Lipinski definition) is 2. The molecule has 0 heterocycles. The van der Waals surface area contributed by atoms with Gasteiger partial charge in [-0.25, -0.2) is 0 Å². The Bertz CT molecular complexity index is 182. The molecule has 0 aromatic heterocycles. The molecule has 0 aromatic carbocycles. The van der Waals surface area contributed by atoms with E-state index in [2.05, 4.69) is 5.32 Å². The largest absolute Gasteiger partial charge is 0.328 e. The molecule has 0 spiro atoms. The van der Waals surface area contributed by atoms with Crippen molar-refractivity contribution in [1.82, 2.24) is 5.32 Å². The molecule has 3 N–H and O–H groups in total. The summed E-state index contributed by atoms with van der Waals surface area (Å²) in [4.78, 5) is 11.8. The van der Waals surface area contributed by atoms with Crippen LogP contribution in [-0.2, 0) is 4.79 Å². The zero-order chi connectivity index (χ0) is 9.84. The third-order valence-electron chi connectivity index (χ3n) is 2.98. The third kappa shape index (κ3) is 2.78. The normalized spacial score (nSPS) is 31.3. The highest BCUT2D eigenvalue weighted by molar-refractivity contribution is 5.86. The lowest BCUT2D eigenvalue weighted by Crippen LogP contribution is -2.40.